The molecule has 2 rings (SSSR count). The minimum atomic E-state index is 0. The quantitative estimate of drug-likeness (QED) is 0.476. The van der Waals surface area contributed by atoms with Crippen molar-refractivity contribution in [1.82, 2.24) is 0 Å². The Balaban J connectivity index is 0. The molecule has 1 unspecified atom stereocenters. The van der Waals surface area contributed by atoms with E-state index in [0.29, 0.717) is 5.92 Å². The van der Waals surface area contributed by atoms with Crippen molar-refractivity contribution in [3.05, 3.63) is 57.4 Å². The maximum atomic E-state index is 4.72. The Morgan fingerprint density at radius 3 is 2.17 bits per heavy atom. The topological polar surface area (TPSA) is 14.1 Å². The van der Waals surface area contributed by atoms with Crippen LogP contribution in [0.2, 0.25) is 0 Å². The summed E-state index contributed by atoms with van der Waals surface area (Å²) in [4.78, 5) is 0. The van der Waals surface area contributed by atoms with Crippen LogP contribution in [0.1, 0.15) is 58.6 Å². The number of benzene rings is 1. The van der Waals surface area contributed by atoms with Gasteiger partial charge >= 0.3 is 21.7 Å². The number of allylic oxidation sites excluding steroid dienone is 4. The minimum absolute atomic E-state index is 0. The third kappa shape index (κ3) is 5.75. The van der Waals surface area contributed by atoms with Gasteiger partial charge in [-0.2, -0.15) is 0 Å². The Kier molecular flexibility index (Phi) is 13.5. The molecule has 0 saturated carbocycles. The number of halogens is 2. The van der Waals surface area contributed by atoms with E-state index >= 15 is 0 Å². The molecule has 0 heterocycles. The number of unbranched alkanes of at least 4 members (excludes halogenated alkanes) is 1. The van der Waals surface area contributed by atoms with Gasteiger partial charge in [0.2, 0.25) is 0 Å². The Morgan fingerprint density at radius 1 is 1.00 bits per heavy atom. The number of nitrogens with zero attached hydrogens (tertiary/aromatic N) is 1. The summed E-state index contributed by atoms with van der Waals surface area (Å²) in [6.45, 7) is 13.2. The van der Waals surface area contributed by atoms with Crippen LogP contribution in [0.25, 0.3) is 10.9 Å². The van der Waals surface area contributed by atoms with E-state index in [-0.39, 0.29) is 46.5 Å². The van der Waals surface area contributed by atoms with Crippen molar-refractivity contribution < 1.29 is 46.5 Å². The molecule has 1 aliphatic rings. The van der Waals surface area contributed by atoms with Crippen LogP contribution < -0.4 is 24.8 Å². The van der Waals surface area contributed by atoms with E-state index < -0.39 is 0 Å². The fourth-order valence-corrected chi connectivity index (χ4v) is 3.19. The third-order valence-electron chi connectivity index (χ3n) is 4.90. The molecule has 0 aliphatic heterocycles. The van der Waals surface area contributed by atoms with E-state index in [4.69, 9.17) is 5.32 Å². The van der Waals surface area contributed by atoms with Crippen molar-refractivity contribution in [1.29, 1.82) is 0 Å². The van der Waals surface area contributed by atoms with Crippen LogP contribution in [-0.2, 0) is 28.3 Å². The van der Waals surface area contributed by atoms with Gasteiger partial charge in [0.05, 0.1) is 0 Å². The van der Waals surface area contributed by atoms with Gasteiger partial charge < -0.3 is 30.1 Å². The second kappa shape index (κ2) is 12.3. The zero-order valence-electron chi connectivity index (χ0n) is 15.4. The molecule has 1 aromatic rings. The summed E-state index contributed by atoms with van der Waals surface area (Å²) < 4.78 is 0. The predicted molar refractivity (Wildman–Crippen MR) is 93.4 cm³/mol. The van der Waals surface area contributed by atoms with Crippen molar-refractivity contribution in [2.45, 2.75) is 54.0 Å². The van der Waals surface area contributed by atoms with Crippen LogP contribution in [0.15, 0.2) is 41.0 Å². The first kappa shape index (κ1) is 26.2. The molecule has 0 saturated heterocycles. The Labute approximate surface area is 175 Å². The molecule has 0 aromatic heterocycles. The Bertz CT molecular complexity index is 579. The number of hydrogen-bond donors (Lipinski definition) is 0. The fourth-order valence-electron chi connectivity index (χ4n) is 3.19. The second-order valence-electron chi connectivity index (χ2n) is 6.18. The standard InChI is InChI=1S/C20H28N.2ClH.Ti/c1-6-7-12-21-13-18-10-8-9-11-19(18)20-16(4)14(2)15(3)17(20)5;;;/h8-11,16H,6-7,12-13H2,1-5H3;2*1H;/q-1;;;+3/p-2. The van der Waals surface area contributed by atoms with Crippen LogP contribution in [0.4, 0.5) is 0 Å². The molecule has 1 nitrogen and oxygen atoms in total. The fraction of sp³-hybridized carbons (Fsp3) is 0.500. The van der Waals surface area contributed by atoms with Gasteiger partial charge in [0, 0.05) is 5.92 Å². The normalized spacial score (nSPS) is 16.5. The van der Waals surface area contributed by atoms with Gasteiger partial charge in [0.1, 0.15) is 0 Å². The third-order valence-corrected chi connectivity index (χ3v) is 4.90. The summed E-state index contributed by atoms with van der Waals surface area (Å²) in [6, 6.07) is 8.80. The molecule has 1 radical (unpaired) electrons. The van der Waals surface area contributed by atoms with Gasteiger partial charge in [-0.3, -0.25) is 0 Å². The minimum Gasteiger partial charge on any atom is -1.00 e. The van der Waals surface area contributed by atoms with Crippen LogP contribution in [0, 0.1) is 5.92 Å². The molecule has 24 heavy (non-hydrogen) atoms. The molecule has 0 N–H and O–H groups in total. The number of rotatable bonds is 6. The van der Waals surface area contributed by atoms with Gasteiger partial charge in [-0.25, -0.2) is 0 Å². The molecule has 131 valence electrons. The predicted octanol–water partition coefficient (Wildman–Crippen LogP) is 0.126. The molecule has 4 heteroatoms. The van der Waals surface area contributed by atoms with E-state index in [1.54, 1.807) is 0 Å². The van der Waals surface area contributed by atoms with Gasteiger partial charge in [-0.1, -0.05) is 62.1 Å². The van der Waals surface area contributed by atoms with Crippen molar-refractivity contribution in [2.75, 3.05) is 6.54 Å². The first-order valence-corrected chi connectivity index (χ1v) is 8.18. The van der Waals surface area contributed by atoms with Crippen molar-refractivity contribution in [2.24, 2.45) is 5.92 Å². The zero-order chi connectivity index (χ0) is 15.4. The zero-order valence-corrected chi connectivity index (χ0v) is 18.5. The van der Waals surface area contributed by atoms with E-state index in [1.807, 2.05) is 0 Å². The van der Waals surface area contributed by atoms with Gasteiger partial charge in [-0.15, -0.1) is 13.1 Å². The largest absolute Gasteiger partial charge is 3.00 e. The van der Waals surface area contributed by atoms with Crippen LogP contribution in [0.3, 0.4) is 0 Å². The molecular formula is C20H28Cl2NTi. The summed E-state index contributed by atoms with van der Waals surface area (Å²) in [5, 5.41) is 4.72. The van der Waals surface area contributed by atoms with Gasteiger partial charge in [0.15, 0.2) is 0 Å². The molecule has 0 bridgehead atoms. The number of hydrogen-bond acceptors (Lipinski definition) is 0. The smallest absolute Gasteiger partial charge is 1.00 e. The van der Waals surface area contributed by atoms with Crippen molar-refractivity contribution >= 4 is 5.57 Å². The first-order valence-electron chi connectivity index (χ1n) is 8.18. The molecule has 1 atom stereocenters. The second-order valence-corrected chi connectivity index (χ2v) is 6.18. The van der Waals surface area contributed by atoms with Crippen LogP contribution >= 0.6 is 0 Å². The van der Waals surface area contributed by atoms with Gasteiger partial charge in [0.25, 0.3) is 0 Å². The van der Waals surface area contributed by atoms with Crippen molar-refractivity contribution in [3.8, 4) is 0 Å². The Morgan fingerprint density at radius 2 is 1.62 bits per heavy atom. The van der Waals surface area contributed by atoms with E-state index in [0.717, 1.165) is 13.1 Å². The average Bonchev–Trinajstić information content (AvgIpc) is 2.68. The molecular weight excluding hydrogens is 373 g/mol. The average molecular weight is 401 g/mol. The maximum Gasteiger partial charge on any atom is 3.00 e. The summed E-state index contributed by atoms with van der Waals surface area (Å²) in [5.41, 5.74) is 8.72. The van der Waals surface area contributed by atoms with Crippen LogP contribution in [0.5, 0.6) is 0 Å². The van der Waals surface area contributed by atoms with E-state index in [9.17, 15) is 0 Å². The monoisotopic (exact) mass is 400 g/mol. The van der Waals surface area contributed by atoms with Crippen molar-refractivity contribution in [3.63, 3.8) is 0 Å². The Hall–Kier alpha value is -0.0457. The summed E-state index contributed by atoms with van der Waals surface area (Å²) in [5.74, 6) is 0.529. The molecule has 0 amide bonds. The van der Waals surface area contributed by atoms with Gasteiger partial charge in [-0.05, 0) is 43.1 Å². The molecule has 0 spiro atoms. The molecule has 1 aromatic carbocycles. The summed E-state index contributed by atoms with van der Waals surface area (Å²) in [6.07, 6.45) is 2.41. The SMILES string of the molecule is CCCC[N-]Cc1ccccc1C1=C(C)C(C)=C(C)C1C.[Cl-].[Cl-].[Ti+3]. The van der Waals surface area contributed by atoms with E-state index in [2.05, 4.69) is 58.9 Å². The maximum absolute atomic E-state index is 4.72. The first-order chi connectivity index (χ1) is 10.1. The summed E-state index contributed by atoms with van der Waals surface area (Å²) >= 11 is 0. The van der Waals surface area contributed by atoms with Crippen LogP contribution in [-0.4, -0.2) is 6.54 Å². The molecule has 0 fully saturated rings. The van der Waals surface area contributed by atoms with E-state index in [1.165, 1.54) is 46.3 Å². The molecule has 1 aliphatic carbocycles. The summed E-state index contributed by atoms with van der Waals surface area (Å²) in [7, 11) is 0.